The van der Waals surface area contributed by atoms with Gasteiger partial charge in [-0.05, 0) is 40.5 Å². The molecule has 0 aliphatic heterocycles. The minimum absolute atomic E-state index is 0.0454. The van der Waals surface area contributed by atoms with Crippen LogP contribution in [-0.2, 0) is 9.53 Å². The van der Waals surface area contributed by atoms with Crippen LogP contribution >= 0.6 is 0 Å². The van der Waals surface area contributed by atoms with Crippen molar-refractivity contribution in [1.29, 1.82) is 0 Å². The largest absolute Gasteiger partial charge is 0.480 e. The van der Waals surface area contributed by atoms with Gasteiger partial charge < -0.3 is 15.2 Å². The van der Waals surface area contributed by atoms with E-state index in [0.717, 1.165) is 22.3 Å². The van der Waals surface area contributed by atoms with Crippen molar-refractivity contribution in [2.75, 3.05) is 6.61 Å². The first-order chi connectivity index (χ1) is 13.4. The molecule has 0 spiro atoms. The number of carbonyl (C=O) groups excluding carboxylic acids is 1. The number of aliphatic carboxylic acids is 1. The van der Waals surface area contributed by atoms with E-state index in [-0.39, 0.29) is 18.4 Å². The van der Waals surface area contributed by atoms with Crippen molar-refractivity contribution in [3.63, 3.8) is 0 Å². The van der Waals surface area contributed by atoms with Crippen molar-refractivity contribution in [3.05, 3.63) is 59.7 Å². The zero-order chi connectivity index (χ0) is 20.3. The number of carbonyl (C=O) groups is 2. The van der Waals surface area contributed by atoms with Gasteiger partial charge in [-0.3, -0.25) is 0 Å². The molecule has 3 rings (SSSR count). The van der Waals surface area contributed by atoms with Gasteiger partial charge >= 0.3 is 12.1 Å². The summed E-state index contributed by atoms with van der Waals surface area (Å²) in [6.45, 7) is 6.24. The highest BCUT2D eigenvalue weighted by Crippen LogP contribution is 2.44. The van der Waals surface area contributed by atoms with E-state index in [2.05, 4.69) is 17.4 Å². The predicted octanol–water partition coefficient (Wildman–Crippen LogP) is 4.66. The van der Waals surface area contributed by atoms with E-state index >= 15 is 0 Å². The maximum Gasteiger partial charge on any atom is 0.407 e. The van der Waals surface area contributed by atoms with Crippen molar-refractivity contribution in [2.45, 2.75) is 39.2 Å². The van der Waals surface area contributed by atoms with Gasteiger partial charge in [0.15, 0.2) is 0 Å². The van der Waals surface area contributed by atoms with E-state index in [1.807, 2.05) is 57.2 Å². The second-order valence-corrected chi connectivity index (χ2v) is 7.82. The van der Waals surface area contributed by atoms with Crippen molar-refractivity contribution in [2.24, 2.45) is 11.8 Å². The van der Waals surface area contributed by atoms with Gasteiger partial charge in [-0.2, -0.15) is 0 Å². The van der Waals surface area contributed by atoms with Crippen LogP contribution in [0.4, 0.5) is 4.79 Å². The predicted molar refractivity (Wildman–Crippen MR) is 108 cm³/mol. The van der Waals surface area contributed by atoms with Crippen LogP contribution < -0.4 is 5.32 Å². The van der Waals surface area contributed by atoms with Crippen molar-refractivity contribution < 1.29 is 19.4 Å². The molecular weight excluding hydrogens is 354 g/mol. The first-order valence-corrected chi connectivity index (χ1v) is 9.72. The summed E-state index contributed by atoms with van der Waals surface area (Å²) in [7, 11) is 0. The number of fused-ring (bicyclic) bond motifs is 3. The Morgan fingerprint density at radius 2 is 1.54 bits per heavy atom. The number of ether oxygens (including phenoxy) is 1. The summed E-state index contributed by atoms with van der Waals surface area (Å²) in [4.78, 5) is 23.8. The van der Waals surface area contributed by atoms with Gasteiger partial charge in [0.05, 0.1) is 0 Å². The number of alkyl carbamates (subject to hydrolysis) is 1. The molecule has 0 saturated carbocycles. The molecule has 2 aromatic carbocycles. The molecule has 1 amide bonds. The number of rotatable bonds is 7. The number of nitrogens with one attached hydrogen (secondary N) is 1. The summed E-state index contributed by atoms with van der Waals surface area (Å²) in [5.41, 5.74) is 4.56. The molecule has 0 saturated heterocycles. The number of amides is 1. The zero-order valence-corrected chi connectivity index (χ0v) is 16.5. The fraction of sp³-hybridized carbons (Fsp3) is 0.391. The Morgan fingerprint density at radius 1 is 1.00 bits per heavy atom. The van der Waals surface area contributed by atoms with Crippen LogP contribution in [0.2, 0.25) is 0 Å². The number of carboxylic acids is 1. The molecule has 2 aromatic rings. The normalized spacial score (nSPS) is 14.9. The highest BCUT2D eigenvalue weighted by Gasteiger charge is 2.30. The molecule has 0 radical (unpaired) electrons. The van der Waals surface area contributed by atoms with E-state index in [0.29, 0.717) is 12.3 Å². The molecule has 0 heterocycles. The van der Waals surface area contributed by atoms with Gasteiger partial charge in [0.25, 0.3) is 0 Å². The minimum Gasteiger partial charge on any atom is -0.480 e. The van der Waals surface area contributed by atoms with Crippen LogP contribution in [0.25, 0.3) is 11.1 Å². The highest BCUT2D eigenvalue weighted by atomic mass is 16.5. The van der Waals surface area contributed by atoms with Crippen molar-refractivity contribution >= 4 is 12.1 Å². The maximum atomic E-state index is 12.3. The Bertz CT molecular complexity index is 816. The Kier molecular flexibility index (Phi) is 6.02. The molecule has 148 valence electrons. The lowest BCUT2D eigenvalue weighted by Gasteiger charge is -2.21. The fourth-order valence-electron chi connectivity index (χ4n) is 3.65. The Hall–Kier alpha value is -2.82. The van der Waals surface area contributed by atoms with E-state index in [1.54, 1.807) is 0 Å². The molecule has 2 N–H and O–H groups in total. The summed E-state index contributed by atoms with van der Waals surface area (Å²) < 4.78 is 5.45. The number of hydrogen-bond acceptors (Lipinski definition) is 3. The fourth-order valence-corrected chi connectivity index (χ4v) is 3.65. The Balaban J connectivity index is 1.67. The molecular formula is C23H27NO4. The van der Waals surface area contributed by atoms with E-state index in [4.69, 9.17) is 4.74 Å². The molecule has 5 nitrogen and oxygen atoms in total. The van der Waals surface area contributed by atoms with Gasteiger partial charge in [0.1, 0.15) is 12.6 Å². The third-order valence-corrected chi connectivity index (χ3v) is 5.68. The zero-order valence-electron chi connectivity index (χ0n) is 16.5. The van der Waals surface area contributed by atoms with Crippen LogP contribution in [0.1, 0.15) is 44.2 Å². The van der Waals surface area contributed by atoms with Crippen molar-refractivity contribution in [1.82, 2.24) is 5.32 Å². The molecule has 1 aliphatic carbocycles. The maximum absolute atomic E-state index is 12.3. The average Bonchev–Trinajstić information content (AvgIpc) is 2.99. The van der Waals surface area contributed by atoms with Crippen LogP contribution in [0, 0.1) is 11.8 Å². The summed E-state index contributed by atoms with van der Waals surface area (Å²) in [5, 5.41) is 11.9. The molecule has 0 aromatic heterocycles. The second-order valence-electron chi connectivity index (χ2n) is 7.82. The SMILES string of the molecule is CC(C)[C@H](C)CC(NC(=O)OCC1c2ccccc2-c2ccccc21)C(=O)O. The van der Waals surface area contributed by atoms with Crippen LogP contribution in [0.15, 0.2) is 48.5 Å². The number of carboxylic acid groups (broad SMARTS) is 1. The average molecular weight is 381 g/mol. The number of benzene rings is 2. The topological polar surface area (TPSA) is 75.6 Å². The molecule has 0 bridgehead atoms. The summed E-state index contributed by atoms with van der Waals surface area (Å²) in [5.74, 6) is -0.571. The Morgan fingerprint density at radius 3 is 2.04 bits per heavy atom. The molecule has 5 heteroatoms. The van der Waals surface area contributed by atoms with E-state index < -0.39 is 18.1 Å². The lowest BCUT2D eigenvalue weighted by molar-refractivity contribution is -0.139. The highest BCUT2D eigenvalue weighted by molar-refractivity contribution is 5.81. The van der Waals surface area contributed by atoms with Gasteiger partial charge in [0, 0.05) is 5.92 Å². The molecule has 1 unspecified atom stereocenters. The van der Waals surface area contributed by atoms with Crippen LogP contribution in [0.5, 0.6) is 0 Å². The van der Waals surface area contributed by atoms with Crippen LogP contribution in [-0.4, -0.2) is 29.8 Å². The molecule has 28 heavy (non-hydrogen) atoms. The first-order valence-electron chi connectivity index (χ1n) is 9.72. The van der Waals surface area contributed by atoms with E-state index in [1.165, 1.54) is 0 Å². The molecule has 0 fully saturated rings. The number of hydrogen-bond donors (Lipinski definition) is 2. The van der Waals surface area contributed by atoms with Crippen LogP contribution in [0.3, 0.4) is 0 Å². The van der Waals surface area contributed by atoms with Crippen molar-refractivity contribution in [3.8, 4) is 11.1 Å². The Labute approximate surface area is 165 Å². The third-order valence-electron chi connectivity index (χ3n) is 5.68. The summed E-state index contributed by atoms with van der Waals surface area (Å²) in [6, 6.07) is 15.2. The quantitative estimate of drug-likeness (QED) is 0.731. The third kappa shape index (κ3) is 4.19. The van der Waals surface area contributed by atoms with Gasteiger partial charge in [-0.15, -0.1) is 0 Å². The second kappa shape index (κ2) is 8.46. The van der Waals surface area contributed by atoms with Gasteiger partial charge in [0.2, 0.25) is 0 Å². The lowest BCUT2D eigenvalue weighted by atomic mass is 9.91. The van der Waals surface area contributed by atoms with Gasteiger partial charge in [-0.1, -0.05) is 69.3 Å². The van der Waals surface area contributed by atoms with E-state index in [9.17, 15) is 14.7 Å². The molecule has 1 aliphatic rings. The standard InChI is InChI=1S/C23H27NO4/c1-14(2)15(3)12-21(22(25)26)24-23(27)28-13-20-18-10-6-4-8-16(18)17-9-5-7-11-19(17)20/h4-11,14-15,20-21H,12-13H2,1-3H3,(H,24,27)(H,25,26)/t15-,21?/m1/s1. The monoisotopic (exact) mass is 381 g/mol. The summed E-state index contributed by atoms with van der Waals surface area (Å²) in [6.07, 6.45) is -0.317. The van der Waals surface area contributed by atoms with Gasteiger partial charge in [-0.25, -0.2) is 9.59 Å². The smallest absolute Gasteiger partial charge is 0.407 e. The lowest BCUT2D eigenvalue weighted by Crippen LogP contribution is -2.42. The summed E-state index contributed by atoms with van der Waals surface area (Å²) >= 11 is 0. The first kappa shape index (κ1) is 19.9. The minimum atomic E-state index is -1.04. The molecule has 2 atom stereocenters.